The van der Waals surface area contributed by atoms with E-state index < -0.39 is 12.1 Å². The third kappa shape index (κ3) is 3.53. The summed E-state index contributed by atoms with van der Waals surface area (Å²) in [5.74, 6) is 3.86. The summed E-state index contributed by atoms with van der Waals surface area (Å²) in [7, 11) is 0. The van der Waals surface area contributed by atoms with Crippen LogP contribution in [-0.4, -0.2) is 12.6 Å². The predicted molar refractivity (Wildman–Crippen MR) is 50.5 cm³/mol. The number of hydrogen-bond acceptors (Lipinski definition) is 3. The van der Waals surface area contributed by atoms with Crippen LogP contribution in [0.2, 0.25) is 0 Å². The van der Waals surface area contributed by atoms with Gasteiger partial charge in [0.05, 0.1) is 5.69 Å². The molecule has 1 aromatic rings. The highest BCUT2D eigenvalue weighted by Crippen LogP contribution is 2.28. The highest BCUT2D eigenvalue weighted by Gasteiger charge is 2.31. The molecule has 0 aliphatic rings. The van der Waals surface area contributed by atoms with Gasteiger partial charge in [-0.1, -0.05) is 5.92 Å². The van der Waals surface area contributed by atoms with Crippen molar-refractivity contribution in [3.8, 4) is 17.6 Å². The fourth-order valence-electron chi connectivity index (χ4n) is 0.938. The van der Waals surface area contributed by atoms with Crippen LogP contribution < -0.4 is 10.5 Å². The molecule has 16 heavy (non-hydrogen) atoms. The quantitative estimate of drug-likeness (QED) is 0.453. The van der Waals surface area contributed by atoms with Crippen molar-refractivity contribution in [3.05, 3.63) is 23.8 Å². The number of hydrogen-bond donors (Lipinski definition) is 1. The van der Waals surface area contributed by atoms with Crippen LogP contribution in [0.3, 0.4) is 0 Å². The molecule has 0 saturated heterocycles. The third-order valence-electron chi connectivity index (χ3n) is 1.51. The molecule has 84 valence electrons. The van der Waals surface area contributed by atoms with Gasteiger partial charge in [0.2, 0.25) is 0 Å². The van der Waals surface area contributed by atoms with E-state index in [2.05, 4.69) is 16.6 Å². The molecular weight excluding hydrogens is 223 g/mol. The SMILES string of the molecule is Nc1ccc(C#CC=O)cc1OC(F)(F)F. The minimum Gasteiger partial charge on any atom is -0.404 e. The molecule has 0 unspecified atom stereocenters. The van der Waals surface area contributed by atoms with Gasteiger partial charge >= 0.3 is 6.36 Å². The molecule has 0 radical (unpaired) electrons. The van der Waals surface area contributed by atoms with Gasteiger partial charge in [0.1, 0.15) is 0 Å². The normalized spacial score (nSPS) is 10.2. The summed E-state index contributed by atoms with van der Waals surface area (Å²) in [6, 6.07) is 3.62. The molecular formula is C10H6F3NO2. The van der Waals surface area contributed by atoms with Crippen molar-refractivity contribution < 1.29 is 22.7 Å². The zero-order valence-electron chi connectivity index (χ0n) is 7.84. The van der Waals surface area contributed by atoms with E-state index in [1.807, 2.05) is 0 Å². The summed E-state index contributed by atoms with van der Waals surface area (Å²) in [6.07, 6.45) is -4.48. The molecule has 1 aromatic carbocycles. The summed E-state index contributed by atoms with van der Waals surface area (Å²) in [4.78, 5) is 9.95. The summed E-state index contributed by atoms with van der Waals surface area (Å²) < 4.78 is 39.5. The molecule has 0 spiro atoms. The lowest BCUT2D eigenvalue weighted by atomic mass is 10.2. The lowest BCUT2D eigenvalue weighted by Gasteiger charge is -2.10. The molecule has 0 aliphatic carbocycles. The topological polar surface area (TPSA) is 52.3 Å². The number of aldehydes is 1. The largest absolute Gasteiger partial charge is 0.573 e. The average molecular weight is 229 g/mol. The van der Waals surface area contributed by atoms with E-state index in [1.165, 1.54) is 12.1 Å². The zero-order valence-corrected chi connectivity index (χ0v) is 7.84. The van der Waals surface area contributed by atoms with Crippen LogP contribution in [0.1, 0.15) is 5.56 Å². The van der Waals surface area contributed by atoms with E-state index in [4.69, 9.17) is 5.73 Å². The van der Waals surface area contributed by atoms with E-state index in [-0.39, 0.29) is 11.3 Å². The second-order valence-electron chi connectivity index (χ2n) is 2.69. The lowest BCUT2D eigenvalue weighted by molar-refractivity contribution is -0.274. The van der Waals surface area contributed by atoms with Gasteiger partial charge in [-0.3, -0.25) is 4.79 Å². The maximum atomic E-state index is 11.9. The second-order valence-corrected chi connectivity index (χ2v) is 2.69. The Kier molecular flexibility index (Phi) is 3.40. The van der Waals surface area contributed by atoms with E-state index in [0.29, 0.717) is 6.29 Å². The van der Waals surface area contributed by atoms with Crippen molar-refractivity contribution in [2.24, 2.45) is 0 Å². The minimum absolute atomic E-state index is 0.158. The van der Waals surface area contributed by atoms with E-state index in [0.717, 1.165) is 6.07 Å². The van der Waals surface area contributed by atoms with Crippen molar-refractivity contribution in [1.29, 1.82) is 0 Å². The number of alkyl halides is 3. The molecule has 0 atom stereocenters. The lowest BCUT2D eigenvalue weighted by Crippen LogP contribution is -2.18. The van der Waals surface area contributed by atoms with Crippen molar-refractivity contribution in [3.63, 3.8) is 0 Å². The van der Waals surface area contributed by atoms with Crippen LogP contribution in [0, 0.1) is 11.8 Å². The first kappa shape index (κ1) is 11.9. The summed E-state index contributed by atoms with van der Waals surface area (Å²) in [5.41, 5.74) is 5.33. The first-order valence-corrected chi connectivity index (χ1v) is 4.03. The van der Waals surface area contributed by atoms with Gasteiger partial charge in [-0.2, -0.15) is 0 Å². The van der Waals surface area contributed by atoms with Crippen molar-refractivity contribution in [1.82, 2.24) is 0 Å². The van der Waals surface area contributed by atoms with Crippen LogP contribution in [0.25, 0.3) is 0 Å². The fourth-order valence-corrected chi connectivity index (χ4v) is 0.938. The Hall–Kier alpha value is -2.16. The molecule has 0 fully saturated rings. The van der Waals surface area contributed by atoms with Gasteiger partial charge in [0, 0.05) is 5.56 Å². The molecule has 0 bridgehead atoms. The van der Waals surface area contributed by atoms with E-state index >= 15 is 0 Å². The number of benzene rings is 1. The Morgan fingerprint density at radius 3 is 2.62 bits per heavy atom. The predicted octanol–water partition coefficient (Wildman–Crippen LogP) is 1.72. The Bertz CT molecular complexity index is 457. The Balaban J connectivity index is 3.04. The Morgan fingerprint density at radius 2 is 2.06 bits per heavy atom. The van der Waals surface area contributed by atoms with Crippen LogP contribution in [0.4, 0.5) is 18.9 Å². The van der Waals surface area contributed by atoms with Gasteiger partial charge in [-0.15, -0.1) is 13.2 Å². The van der Waals surface area contributed by atoms with Gasteiger partial charge in [-0.25, -0.2) is 0 Å². The number of halogens is 3. The third-order valence-corrected chi connectivity index (χ3v) is 1.51. The van der Waals surface area contributed by atoms with Gasteiger partial charge < -0.3 is 10.5 Å². The molecule has 3 nitrogen and oxygen atoms in total. The van der Waals surface area contributed by atoms with Crippen LogP contribution in [0.15, 0.2) is 18.2 Å². The van der Waals surface area contributed by atoms with Crippen molar-refractivity contribution in [2.45, 2.75) is 6.36 Å². The number of ether oxygens (including phenoxy) is 1. The molecule has 0 aliphatic heterocycles. The van der Waals surface area contributed by atoms with Crippen LogP contribution >= 0.6 is 0 Å². The molecule has 0 amide bonds. The molecule has 0 aromatic heterocycles. The van der Waals surface area contributed by atoms with E-state index in [9.17, 15) is 18.0 Å². The standard InChI is InChI=1S/C10H6F3NO2/c11-10(12,13)16-9-6-7(2-1-5-15)3-4-8(9)14/h3-6H,14H2. The Morgan fingerprint density at radius 1 is 1.38 bits per heavy atom. The number of rotatable bonds is 1. The number of carbonyl (C=O) groups is 1. The number of nitrogens with two attached hydrogens (primary N) is 1. The maximum Gasteiger partial charge on any atom is 0.573 e. The Labute approximate surface area is 89.0 Å². The van der Waals surface area contributed by atoms with Gasteiger partial charge in [-0.05, 0) is 24.1 Å². The zero-order chi connectivity index (χ0) is 12.2. The van der Waals surface area contributed by atoms with Gasteiger partial charge in [0.25, 0.3) is 0 Å². The molecule has 0 heterocycles. The average Bonchev–Trinajstić information content (AvgIpc) is 2.17. The number of nitrogen functional groups attached to an aromatic ring is 1. The summed E-state index contributed by atoms with van der Waals surface area (Å²) >= 11 is 0. The van der Waals surface area contributed by atoms with Crippen LogP contribution in [0.5, 0.6) is 5.75 Å². The fraction of sp³-hybridized carbons (Fsp3) is 0.100. The first-order chi connectivity index (χ1) is 7.42. The number of anilines is 1. The summed E-state index contributed by atoms with van der Waals surface area (Å²) in [5, 5.41) is 0. The molecule has 1 rings (SSSR count). The van der Waals surface area contributed by atoms with Gasteiger partial charge in [0.15, 0.2) is 12.0 Å². The van der Waals surface area contributed by atoms with Crippen molar-refractivity contribution >= 4 is 12.0 Å². The monoisotopic (exact) mass is 229 g/mol. The molecule has 2 N–H and O–H groups in total. The highest BCUT2D eigenvalue weighted by molar-refractivity contribution is 5.74. The summed E-state index contributed by atoms with van der Waals surface area (Å²) in [6.45, 7) is 0. The van der Waals surface area contributed by atoms with Crippen molar-refractivity contribution in [2.75, 3.05) is 5.73 Å². The maximum absolute atomic E-state index is 11.9. The minimum atomic E-state index is -4.81. The molecule has 0 saturated carbocycles. The first-order valence-electron chi connectivity index (χ1n) is 4.03. The van der Waals surface area contributed by atoms with E-state index in [1.54, 1.807) is 0 Å². The smallest absolute Gasteiger partial charge is 0.404 e. The molecule has 6 heteroatoms. The van der Waals surface area contributed by atoms with Crippen LogP contribution in [-0.2, 0) is 4.79 Å². The highest BCUT2D eigenvalue weighted by atomic mass is 19.4. The second kappa shape index (κ2) is 4.57. The number of carbonyl (C=O) groups excluding carboxylic acids is 1.